The van der Waals surface area contributed by atoms with Crippen LogP contribution in [0.3, 0.4) is 0 Å². The van der Waals surface area contributed by atoms with Gasteiger partial charge in [0.2, 0.25) is 0 Å². The number of allylic oxidation sites excluding steroid dienone is 4. The number of H-pyrrole nitrogens is 2. The van der Waals surface area contributed by atoms with Gasteiger partial charge in [0.05, 0.1) is 47.0 Å². The van der Waals surface area contributed by atoms with Crippen LogP contribution in [0.2, 0.25) is 0 Å². The van der Waals surface area contributed by atoms with Crippen LogP contribution in [0.15, 0.2) is 60.7 Å². The molecule has 0 saturated carbocycles. The second-order valence-electron chi connectivity index (χ2n) is 15.6. The number of aryl methyl sites for hydroxylation is 4. The van der Waals surface area contributed by atoms with Crippen LogP contribution in [-0.4, -0.2) is 58.3 Å². The number of aromatic amines is 2. The van der Waals surface area contributed by atoms with Crippen LogP contribution in [0.5, 0.6) is 11.5 Å². The van der Waals surface area contributed by atoms with Crippen LogP contribution in [0.4, 0.5) is 0 Å². The fourth-order valence-corrected chi connectivity index (χ4v) is 9.11. The summed E-state index contributed by atoms with van der Waals surface area (Å²) in [7, 11) is 0. The molecule has 5 aromatic rings. The van der Waals surface area contributed by atoms with Crippen molar-refractivity contribution >= 4 is 56.3 Å². The zero-order chi connectivity index (χ0) is 44.2. The maximum atomic E-state index is 12.6. The smallest absolute Gasteiger partial charge is 0.344 e. The zero-order valence-corrected chi connectivity index (χ0v) is 37.8. The number of carbonyl (C=O) groups is 2. The van der Waals surface area contributed by atoms with Gasteiger partial charge in [-0.2, -0.15) is 0 Å². The third-order valence-corrected chi connectivity index (χ3v) is 12.1. The van der Waals surface area contributed by atoms with E-state index in [1.807, 2.05) is 48.5 Å². The van der Waals surface area contributed by atoms with Crippen LogP contribution in [0, 0.1) is 13.8 Å². The van der Waals surface area contributed by atoms with Crippen molar-refractivity contribution in [3.05, 3.63) is 106 Å². The van der Waals surface area contributed by atoms with E-state index in [0.717, 1.165) is 126 Å². The third kappa shape index (κ3) is 8.06. The topological polar surface area (TPSA) is 128 Å². The number of carbonyl (C=O) groups excluding carboxylic acids is 2. The lowest BCUT2D eigenvalue weighted by Crippen LogP contribution is -2.14. The predicted molar refractivity (Wildman–Crippen MR) is 250 cm³/mol. The van der Waals surface area contributed by atoms with Gasteiger partial charge in [-0.05, 0) is 136 Å². The predicted octanol–water partition coefficient (Wildman–Crippen LogP) is 12.0. The van der Waals surface area contributed by atoms with Crippen molar-refractivity contribution in [1.82, 2.24) is 19.9 Å². The van der Waals surface area contributed by atoms with Crippen molar-refractivity contribution < 1.29 is 28.5 Å². The highest BCUT2D eigenvalue weighted by molar-refractivity contribution is 6.04. The molecule has 0 unspecified atom stereocenters. The molecule has 2 N–H and O–H groups in total. The molecule has 8 bridgehead atoms. The number of nitrogens with one attached hydrogen (secondary N) is 2. The van der Waals surface area contributed by atoms with Gasteiger partial charge in [0, 0.05) is 33.3 Å². The average molecular weight is 835 g/mol. The van der Waals surface area contributed by atoms with Gasteiger partial charge in [-0.1, -0.05) is 64.1 Å². The second kappa shape index (κ2) is 18.7. The maximum Gasteiger partial charge on any atom is 0.344 e. The number of fused-ring (bicyclic) bond motifs is 8. The molecule has 62 heavy (non-hydrogen) atoms. The zero-order valence-electron chi connectivity index (χ0n) is 37.8. The van der Waals surface area contributed by atoms with Gasteiger partial charge in [-0.15, -0.1) is 0 Å². The van der Waals surface area contributed by atoms with Crippen molar-refractivity contribution in [1.29, 1.82) is 0 Å². The first-order valence-electron chi connectivity index (χ1n) is 21.9. The minimum atomic E-state index is -0.428. The number of nitrogens with zero attached hydrogens (tertiary/aromatic N) is 2. The third-order valence-electron chi connectivity index (χ3n) is 12.1. The molecule has 5 heterocycles. The van der Waals surface area contributed by atoms with Crippen molar-refractivity contribution in [2.24, 2.45) is 0 Å². The highest BCUT2D eigenvalue weighted by atomic mass is 16.6. The van der Waals surface area contributed by atoms with Crippen LogP contribution in [-0.2, 0) is 31.9 Å². The molecule has 322 valence electrons. The maximum absolute atomic E-state index is 12.6. The van der Waals surface area contributed by atoms with Gasteiger partial charge in [-0.3, -0.25) is 0 Å². The SMILES string of the molecule is CCOC(=O)COc1ccccc1-c1c2nc(cc3[nH]c(c(C)c3CC)c(-c3ccccc3OCC(=O)OCC)c3nc(cc4[nH]c1c(C)c4CC)C(CC)=C3C)C(CC)=C2C. The fraction of sp³-hybridized carbons (Fsp3) is 0.346. The lowest BCUT2D eigenvalue weighted by Gasteiger charge is -2.14. The Morgan fingerprint density at radius 3 is 1.29 bits per heavy atom. The number of hydrogen-bond acceptors (Lipinski definition) is 8. The molecule has 7 rings (SSSR count). The number of hydrogen-bond donors (Lipinski definition) is 2. The van der Waals surface area contributed by atoms with E-state index in [1.165, 1.54) is 11.1 Å². The Bertz CT molecular complexity index is 2610. The van der Waals surface area contributed by atoms with Crippen molar-refractivity contribution in [2.45, 2.75) is 94.9 Å². The van der Waals surface area contributed by atoms with E-state index in [2.05, 4.69) is 77.5 Å². The van der Waals surface area contributed by atoms with E-state index in [4.69, 9.17) is 28.9 Å². The van der Waals surface area contributed by atoms with Gasteiger partial charge < -0.3 is 28.9 Å². The van der Waals surface area contributed by atoms with Crippen LogP contribution in [0.25, 0.3) is 66.6 Å². The Hall–Kier alpha value is -6.42. The Balaban J connectivity index is 1.67. The fourth-order valence-electron chi connectivity index (χ4n) is 9.11. The minimum Gasteiger partial charge on any atom is -0.481 e. The summed E-state index contributed by atoms with van der Waals surface area (Å²) in [4.78, 5) is 44.0. The molecule has 0 spiro atoms. The average Bonchev–Trinajstić information content (AvgIpc) is 3.96. The number of ether oxygens (including phenoxy) is 4. The van der Waals surface area contributed by atoms with Crippen LogP contribution >= 0.6 is 0 Å². The van der Waals surface area contributed by atoms with Gasteiger partial charge >= 0.3 is 11.9 Å². The number of esters is 2. The largest absolute Gasteiger partial charge is 0.481 e. The number of rotatable bonds is 14. The number of aromatic nitrogens is 4. The lowest BCUT2D eigenvalue weighted by atomic mass is 9.94. The summed E-state index contributed by atoms with van der Waals surface area (Å²) in [6.07, 6.45) is 3.07. The monoisotopic (exact) mass is 834 g/mol. The molecular formula is C52H58N4O6. The first kappa shape index (κ1) is 43.7. The summed E-state index contributed by atoms with van der Waals surface area (Å²) >= 11 is 0. The van der Waals surface area contributed by atoms with E-state index in [-0.39, 0.29) is 26.4 Å². The highest BCUT2D eigenvalue weighted by Gasteiger charge is 2.27. The molecule has 0 saturated heterocycles. The van der Waals surface area contributed by atoms with Gasteiger partial charge in [-0.25, -0.2) is 19.6 Å². The molecule has 0 radical (unpaired) electrons. The highest BCUT2D eigenvalue weighted by Crippen LogP contribution is 2.46. The number of para-hydroxylation sites is 2. The van der Waals surface area contributed by atoms with Crippen LogP contribution < -0.4 is 9.47 Å². The molecule has 10 heteroatoms. The molecule has 0 atom stereocenters. The normalized spacial score (nSPS) is 12.5. The second-order valence-corrected chi connectivity index (χ2v) is 15.6. The molecule has 3 aromatic heterocycles. The summed E-state index contributed by atoms with van der Waals surface area (Å²) in [5.41, 5.74) is 19.6. The summed E-state index contributed by atoms with van der Waals surface area (Å²) in [6.45, 7) is 21.0. The van der Waals surface area contributed by atoms with Crippen molar-refractivity contribution in [2.75, 3.05) is 26.4 Å². The first-order valence-corrected chi connectivity index (χ1v) is 21.9. The number of benzene rings is 2. The standard InChI is InChI=1S/C52H58N4O6/c1-11-33-29(7)49-47(37-21-17-19-23-43(37)61-27-45(57)59-15-5)50-31(9)35(13-3)41(55-50)26-42-36(14-4)32(10)52(56-42)48(38-22-18-20-24-44(38)62-28-46(58)60-16-6)51-30(8)34(12-2)40(54-51)25-39(33)53-49/h17-26,53,56H,11-16,27-28H2,1-10H3. The Morgan fingerprint density at radius 1 is 0.548 bits per heavy atom. The van der Waals surface area contributed by atoms with Gasteiger partial charge in [0.15, 0.2) is 13.2 Å². The van der Waals surface area contributed by atoms with E-state index < -0.39 is 11.9 Å². The molecule has 0 fully saturated rings. The van der Waals surface area contributed by atoms with Crippen molar-refractivity contribution in [3.8, 4) is 33.8 Å². The Kier molecular flexibility index (Phi) is 13.2. The van der Waals surface area contributed by atoms with E-state index >= 15 is 0 Å². The summed E-state index contributed by atoms with van der Waals surface area (Å²) in [6, 6.07) is 20.1. The molecule has 0 aliphatic carbocycles. The van der Waals surface area contributed by atoms with Crippen molar-refractivity contribution in [3.63, 3.8) is 0 Å². The Morgan fingerprint density at radius 2 is 0.935 bits per heavy atom. The summed E-state index contributed by atoms with van der Waals surface area (Å²) < 4.78 is 23.0. The van der Waals surface area contributed by atoms with Crippen LogP contribution in [0.1, 0.15) is 113 Å². The minimum absolute atomic E-state index is 0.215. The quantitative estimate of drug-likeness (QED) is 0.106. The lowest BCUT2D eigenvalue weighted by molar-refractivity contribution is -0.146. The molecule has 0 amide bonds. The molecule has 2 aliphatic rings. The molecule has 2 aromatic carbocycles. The summed E-state index contributed by atoms with van der Waals surface area (Å²) in [5.74, 6) is 0.270. The first-order chi connectivity index (χ1) is 30.0. The molecule has 10 nitrogen and oxygen atoms in total. The Labute approximate surface area is 364 Å². The van der Waals surface area contributed by atoms with Gasteiger partial charge in [0.25, 0.3) is 0 Å². The molecule has 2 aliphatic heterocycles. The van der Waals surface area contributed by atoms with E-state index in [1.54, 1.807) is 13.8 Å². The van der Waals surface area contributed by atoms with E-state index in [9.17, 15) is 9.59 Å². The molecular weight excluding hydrogens is 777 g/mol. The van der Waals surface area contributed by atoms with E-state index in [0.29, 0.717) is 11.5 Å². The summed E-state index contributed by atoms with van der Waals surface area (Å²) in [5, 5.41) is 0. The van der Waals surface area contributed by atoms with Gasteiger partial charge in [0.1, 0.15) is 11.5 Å².